The number of ether oxygens (including phenoxy) is 1. The average Bonchev–Trinajstić information content (AvgIpc) is 2.74. The van der Waals surface area contributed by atoms with E-state index in [2.05, 4.69) is 26.1 Å². The fraction of sp³-hybridized carbons (Fsp3) is 0.680. The van der Waals surface area contributed by atoms with Gasteiger partial charge in [-0.3, -0.25) is 9.59 Å². The molecule has 0 heterocycles. The number of esters is 1. The van der Waals surface area contributed by atoms with Gasteiger partial charge in [0, 0.05) is 12.1 Å². The van der Waals surface area contributed by atoms with Crippen LogP contribution < -0.4 is 10.1 Å². The maximum atomic E-state index is 12.7. The van der Waals surface area contributed by atoms with Crippen LogP contribution in [0.15, 0.2) is 12.1 Å². The van der Waals surface area contributed by atoms with Crippen molar-refractivity contribution < 1.29 is 18.8 Å². The van der Waals surface area contributed by atoms with Crippen LogP contribution in [0.4, 0.5) is 5.69 Å². The SMILES string of the molecule is CC[N+](CC)(CC)CC(=O)Nc1c(C)cc(OC(=O)CCC2CCCCC2)cc1C. The molecular weight excluding hydrogens is 376 g/mol. The van der Waals surface area contributed by atoms with E-state index in [1.807, 2.05) is 26.0 Å². The van der Waals surface area contributed by atoms with Gasteiger partial charge in [-0.25, -0.2) is 0 Å². The molecular formula is C25H41N2O3+. The van der Waals surface area contributed by atoms with Gasteiger partial charge < -0.3 is 14.5 Å². The first-order valence-electron chi connectivity index (χ1n) is 11.8. The summed E-state index contributed by atoms with van der Waals surface area (Å²) in [5, 5.41) is 3.09. The molecule has 168 valence electrons. The number of hydrogen-bond donors (Lipinski definition) is 1. The Hall–Kier alpha value is -1.88. The van der Waals surface area contributed by atoms with Gasteiger partial charge in [0.15, 0.2) is 6.54 Å². The summed E-state index contributed by atoms with van der Waals surface area (Å²) in [6.07, 6.45) is 7.81. The molecule has 1 N–H and O–H groups in total. The summed E-state index contributed by atoms with van der Waals surface area (Å²) in [6.45, 7) is 13.6. The number of anilines is 1. The highest BCUT2D eigenvalue weighted by atomic mass is 16.5. The van der Waals surface area contributed by atoms with Crippen LogP contribution >= 0.6 is 0 Å². The van der Waals surface area contributed by atoms with Crippen LogP contribution in [0.1, 0.15) is 76.8 Å². The van der Waals surface area contributed by atoms with Crippen molar-refractivity contribution in [2.75, 3.05) is 31.5 Å². The van der Waals surface area contributed by atoms with Gasteiger partial charge in [-0.1, -0.05) is 32.1 Å². The van der Waals surface area contributed by atoms with E-state index in [-0.39, 0.29) is 11.9 Å². The molecule has 1 aliphatic carbocycles. The number of rotatable bonds is 10. The average molecular weight is 418 g/mol. The Labute approximate surface area is 182 Å². The summed E-state index contributed by atoms with van der Waals surface area (Å²) in [6, 6.07) is 3.70. The lowest BCUT2D eigenvalue weighted by molar-refractivity contribution is -0.915. The summed E-state index contributed by atoms with van der Waals surface area (Å²) < 4.78 is 6.38. The molecule has 0 radical (unpaired) electrons. The third-order valence-corrected chi connectivity index (χ3v) is 6.98. The molecule has 0 aromatic heterocycles. The molecule has 0 atom stereocenters. The molecule has 1 amide bonds. The van der Waals surface area contributed by atoms with Gasteiger partial charge in [-0.05, 0) is 70.2 Å². The van der Waals surface area contributed by atoms with Gasteiger partial charge in [-0.15, -0.1) is 0 Å². The van der Waals surface area contributed by atoms with E-state index in [1.165, 1.54) is 32.1 Å². The zero-order chi connectivity index (χ0) is 22.1. The number of carbonyl (C=O) groups is 2. The third kappa shape index (κ3) is 6.83. The van der Waals surface area contributed by atoms with Crippen molar-refractivity contribution in [3.63, 3.8) is 0 Å². The van der Waals surface area contributed by atoms with E-state index in [0.717, 1.165) is 47.4 Å². The molecule has 1 aromatic carbocycles. The first-order valence-corrected chi connectivity index (χ1v) is 11.8. The smallest absolute Gasteiger partial charge is 0.311 e. The Kier molecular flexibility index (Phi) is 9.35. The van der Waals surface area contributed by atoms with Crippen molar-refractivity contribution in [1.29, 1.82) is 0 Å². The number of nitrogens with one attached hydrogen (secondary N) is 1. The Bertz CT molecular complexity index is 688. The van der Waals surface area contributed by atoms with Gasteiger partial charge >= 0.3 is 5.97 Å². The van der Waals surface area contributed by atoms with Crippen LogP contribution in [0.2, 0.25) is 0 Å². The zero-order valence-electron chi connectivity index (χ0n) is 19.7. The summed E-state index contributed by atoms with van der Waals surface area (Å²) in [5.41, 5.74) is 2.66. The van der Waals surface area contributed by atoms with Crippen molar-refractivity contribution in [3.05, 3.63) is 23.3 Å². The minimum Gasteiger partial charge on any atom is -0.427 e. The first-order chi connectivity index (χ1) is 14.3. The molecule has 1 aliphatic rings. The van der Waals surface area contributed by atoms with Gasteiger partial charge in [0.25, 0.3) is 5.91 Å². The molecule has 5 heteroatoms. The number of quaternary nitrogens is 1. The topological polar surface area (TPSA) is 55.4 Å². The van der Waals surface area contributed by atoms with E-state index in [4.69, 9.17) is 4.74 Å². The summed E-state index contributed by atoms with van der Waals surface area (Å²) in [4.78, 5) is 25.0. The van der Waals surface area contributed by atoms with Crippen molar-refractivity contribution in [2.45, 2.75) is 79.6 Å². The highest BCUT2D eigenvalue weighted by Crippen LogP contribution is 2.29. The van der Waals surface area contributed by atoms with Crippen LogP contribution in [0, 0.1) is 19.8 Å². The van der Waals surface area contributed by atoms with Crippen molar-refractivity contribution in [2.24, 2.45) is 5.92 Å². The third-order valence-electron chi connectivity index (χ3n) is 6.98. The fourth-order valence-corrected chi connectivity index (χ4v) is 4.65. The molecule has 0 bridgehead atoms. The van der Waals surface area contributed by atoms with E-state index in [0.29, 0.717) is 24.6 Å². The second-order valence-corrected chi connectivity index (χ2v) is 8.95. The molecule has 0 spiro atoms. The number of hydrogen-bond acceptors (Lipinski definition) is 3. The molecule has 0 unspecified atom stereocenters. The molecule has 1 saturated carbocycles. The van der Waals surface area contributed by atoms with Gasteiger partial charge in [-0.2, -0.15) is 0 Å². The normalized spacial score (nSPS) is 15.1. The molecule has 30 heavy (non-hydrogen) atoms. The molecule has 1 fully saturated rings. The number of nitrogens with zero attached hydrogens (tertiary/aromatic N) is 1. The van der Waals surface area contributed by atoms with E-state index in [1.54, 1.807) is 0 Å². The number of likely N-dealkylation sites (N-methyl/N-ethyl adjacent to an activating group) is 1. The second kappa shape index (κ2) is 11.5. The van der Waals surface area contributed by atoms with E-state index in [9.17, 15) is 9.59 Å². The number of amides is 1. The first kappa shape index (κ1) is 24.4. The monoisotopic (exact) mass is 417 g/mol. The van der Waals surface area contributed by atoms with Gasteiger partial charge in [0.2, 0.25) is 0 Å². The maximum Gasteiger partial charge on any atom is 0.311 e. The quantitative estimate of drug-likeness (QED) is 0.316. The van der Waals surface area contributed by atoms with E-state index < -0.39 is 0 Å². The second-order valence-electron chi connectivity index (χ2n) is 8.95. The van der Waals surface area contributed by atoms with Crippen LogP contribution in [-0.2, 0) is 9.59 Å². The fourth-order valence-electron chi connectivity index (χ4n) is 4.65. The number of aryl methyl sites for hydroxylation is 2. The minimum atomic E-state index is -0.160. The minimum absolute atomic E-state index is 0.0315. The Morgan fingerprint density at radius 1 is 1.00 bits per heavy atom. The lowest BCUT2D eigenvalue weighted by Crippen LogP contribution is -2.52. The Balaban J connectivity index is 1.95. The maximum absolute atomic E-state index is 12.7. The van der Waals surface area contributed by atoms with Crippen LogP contribution in [0.3, 0.4) is 0 Å². The standard InChI is InChI=1S/C25H40N2O3/c1-6-27(7-2,8-3)18-23(28)26-25-19(4)16-22(17-20(25)5)30-24(29)15-14-21-12-10-9-11-13-21/h16-17,21H,6-15,18H2,1-5H3/p+1. The Morgan fingerprint density at radius 2 is 1.57 bits per heavy atom. The number of carbonyl (C=O) groups excluding carboxylic acids is 2. The van der Waals surface area contributed by atoms with E-state index >= 15 is 0 Å². The highest BCUT2D eigenvalue weighted by Gasteiger charge is 2.25. The van der Waals surface area contributed by atoms with Crippen LogP contribution in [0.25, 0.3) is 0 Å². The summed E-state index contributed by atoms with van der Waals surface area (Å²) >= 11 is 0. The molecule has 1 aromatic rings. The lowest BCUT2D eigenvalue weighted by atomic mass is 9.86. The molecule has 0 saturated heterocycles. The van der Waals surface area contributed by atoms with Crippen LogP contribution in [-0.4, -0.2) is 42.5 Å². The summed E-state index contributed by atoms with van der Waals surface area (Å²) in [5.74, 6) is 1.11. The van der Waals surface area contributed by atoms with Crippen molar-refractivity contribution in [1.82, 2.24) is 0 Å². The largest absolute Gasteiger partial charge is 0.427 e. The summed E-state index contributed by atoms with van der Waals surface area (Å²) in [7, 11) is 0. The molecule has 0 aliphatic heterocycles. The molecule has 5 nitrogen and oxygen atoms in total. The van der Waals surface area contributed by atoms with Crippen molar-refractivity contribution >= 4 is 17.6 Å². The van der Waals surface area contributed by atoms with Gasteiger partial charge in [0.05, 0.1) is 19.6 Å². The highest BCUT2D eigenvalue weighted by molar-refractivity contribution is 5.93. The van der Waals surface area contributed by atoms with Gasteiger partial charge in [0.1, 0.15) is 5.75 Å². The van der Waals surface area contributed by atoms with Crippen molar-refractivity contribution in [3.8, 4) is 5.75 Å². The zero-order valence-corrected chi connectivity index (χ0v) is 19.7. The predicted octanol–water partition coefficient (Wildman–Crippen LogP) is 5.38. The lowest BCUT2D eigenvalue weighted by Gasteiger charge is -2.35. The molecule has 2 rings (SSSR count). The predicted molar refractivity (Wildman–Crippen MR) is 123 cm³/mol. The Morgan fingerprint density at radius 3 is 2.10 bits per heavy atom. The van der Waals surface area contributed by atoms with Crippen LogP contribution in [0.5, 0.6) is 5.75 Å². The number of benzene rings is 1.